The Morgan fingerprint density at radius 2 is 2.25 bits per heavy atom. The standard InChI is InChI=1S/C11H14ClNO2.ClH/c1-2-15-11(14)8-13-7-9-4-3-5-10(12)6-9;/h3-6,13H,2,7-8H2,1H3;1H. The first-order valence-corrected chi connectivity index (χ1v) is 5.21. The van der Waals surface area contributed by atoms with Crippen molar-refractivity contribution in [3.8, 4) is 0 Å². The van der Waals surface area contributed by atoms with Crippen molar-refractivity contribution in [3.63, 3.8) is 0 Å². The lowest BCUT2D eigenvalue weighted by Crippen LogP contribution is -2.24. The van der Waals surface area contributed by atoms with Gasteiger partial charge in [-0.05, 0) is 24.6 Å². The Balaban J connectivity index is 0.00000225. The molecule has 0 amide bonds. The lowest BCUT2D eigenvalue weighted by atomic mass is 10.2. The van der Waals surface area contributed by atoms with E-state index in [1.54, 1.807) is 6.92 Å². The molecule has 1 rings (SSSR count). The molecule has 90 valence electrons. The van der Waals surface area contributed by atoms with Gasteiger partial charge in [0.05, 0.1) is 13.2 Å². The molecule has 0 bridgehead atoms. The molecule has 0 aliphatic rings. The van der Waals surface area contributed by atoms with Gasteiger partial charge in [0.15, 0.2) is 0 Å². The second-order valence-electron chi connectivity index (χ2n) is 3.04. The monoisotopic (exact) mass is 263 g/mol. The molecule has 0 spiro atoms. The van der Waals surface area contributed by atoms with Gasteiger partial charge in [-0.2, -0.15) is 0 Å². The smallest absolute Gasteiger partial charge is 0.319 e. The lowest BCUT2D eigenvalue weighted by molar-refractivity contribution is -0.142. The van der Waals surface area contributed by atoms with Gasteiger partial charge in [-0.1, -0.05) is 23.7 Å². The van der Waals surface area contributed by atoms with Crippen molar-refractivity contribution < 1.29 is 9.53 Å². The minimum absolute atomic E-state index is 0. The first-order chi connectivity index (χ1) is 7.22. The molecule has 0 saturated carbocycles. The molecular formula is C11H15Cl2NO2. The van der Waals surface area contributed by atoms with Gasteiger partial charge in [0.25, 0.3) is 0 Å². The Kier molecular flexibility index (Phi) is 7.99. The van der Waals surface area contributed by atoms with E-state index < -0.39 is 0 Å². The van der Waals surface area contributed by atoms with E-state index in [-0.39, 0.29) is 24.9 Å². The predicted molar refractivity (Wildman–Crippen MR) is 67.0 cm³/mol. The number of hydrogen-bond donors (Lipinski definition) is 1. The summed E-state index contributed by atoms with van der Waals surface area (Å²) in [6.07, 6.45) is 0. The molecule has 5 heteroatoms. The number of hydrogen-bond acceptors (Lipinski definition) is 3. The van der Waals surface area contributed by atoms with Crippen molar-refractivity contribution in [1.82, 2.24) is 5.32 Å². The zero-order chi connectivity index (χ0) is 11.1. The third kappa shape index (κ3) is 5.95. The van der Waals surface area contributed by atoms with E-state index in [2.05, 4.69) is 5.32 Å². The summed E-state index contributed by atoms with van der Waals surface area (Å²) < 4.78 is 4.78. The van der Waals surface area contributed by atoms with E-state index >= 15 is 0 Å². The van der Waals surface area contributed by atoms with Gasteiger partial charge < -0.3 is 10.1 Å². The van der Waals surface area contributed by atoms with Crippen LogP contribution in [0.1, 0.15) is 12.5 Å². The van der Waals surface area contributed by atoms with Crippen LogP contribution in [0.25, 0.3) is 0 Å². The van der Waals surface area contributed by atoms with Gasteiger partial charge in [0.2, 0.25) is 0 Å². The SMILES string of the molecule is CCOC(=O)CNCc1cccc(Cl)c1.Cl. The number of esters is 1. The molecule has 0 radical (unpaired) electrons. The first-order valence-electron chi connectivity index (χ1n) is 4.83. The minimum Gasteiger partial charge on any atom is -0.465 e. The van der Waals surface area contributed by atoms with Crippen LogP contribution in [0, 0.1) is 0 Å². The van der Waals surface area contributed by atoms with Crippen molar-refractivity contribution in [2.75, 3.05) is 13.2 Å². The van der Waals surface area contributed by atoms with E-state index in [1.807, 2.05) is 24.3 Å². The number of benzene rings is 1. The quantitative estimate of drug-likeness (QED) is 0.830. The summed E-state index contributed by atoms with van der Waals surface area (Å²) in [6.45, 7) is 3.03. The summed E-state index contributed by atoms with van der Waals surface area (Å²) in [5.74, 6) is -0.237. The van der Waals surface area contributed by atoms with E-state index in [9.17, 15) is 4.79 Å². The highest BCUT2D eigenvalue weighted by Gasteiger charge is 2.00. The first kappa shape index (κ1) is 15.2. The molecule has 16 heavy (non-hydrogen) atoms. The lowest BCUT2D eigenvalue weighted by Gasteiger charge is -2.04. The number of carbonyl (C=O) groups excluding carboxylic acids is 1. The zero-order valence-corrected chi connectivity index (χ0v) is 10.6. The van der Waals surface area contributed by atoms with Crippen LogP contribution in [0.2, 0.25) is 5.02 Å². The summed E-state index contributed by atoms with van der Waals surface area (Å²) >= 11 is 5.82. The average Bonchev–Trinajstić information content (AvgIpc) is 2.18. The summed E-state index contributed by atoms with van der Waals surface area (Å²) in [5.41, 5.74) is 1.05. The van der Waals surface area contributed by atoms with Gasteiger partial charge >= 0.3 is 5.97 Å². The van der Waals surface area contributed by atoms with Crippen LogP contribution in [0.15, 0.2) is 24.3 Å². The molecule has 1 N–H and O–H groups in total. The molecule has 0 aromatic heterocycles. The van der Waals surface area contributed by atoms with Crippen LogP contribution in [0.5, 0.6) is 0 Å². The fraction of sp³-hybridized carbons (Fsp3) is 0.364. The van der Waals surface area contributed by atoms with E-state index in [0.29, 0.717) is 18.2 Å². The summed E-state index contributed by atoms with van der Waals surface area (Å²) in [7, 11) is 0. The van der Waals surface area contributed by atoms with Gasteiger partial charge in [-0.25, -0.2) is 0 Å². The second kappa shape index (κ2) is 8.39. The van der Waals surface area contributed by atoms with Crippen LogP contribution in [0.4, 0.5) is 0 Å². The highest BCUT2D eigenvalue weighted by atomic mass is 35.5. The Labute approximate surface area is 107 Å². The molecule has 0 fully saturated rings. The molecule has 1 aromatic rings. The maximum atomic E-state index is 11.0. The normalized spacial score (nSPS) is 9.38. The fourth-order valence-electron chi connectivity index (χ4n) is 1.17. The molecule has 3 nitrogen and oxygen atoms in total. The highest BCUT2D eigenvalue weighted by Crippen LogP contribution is 2.09. The number of nitrogens with one attached hydrogen (secondary N) is 1. The van der Waals surface area contributed by atoms with Gasteiger partial charge in [0, 0.05) is 11.6 Å². The molecule has 1 aromatic carbocycles. The number of ether oxygens (including phenoxy) is 1. The van der Waals surface area contributed by atoms with Gasteiger partial charge in [0.1, 0.15) is 0 Å². The van der Waals surface area contributed by atoms with Crippen molar-refractivity contribution in [3.05, 3.63) is 34.9 Å². The number of rotatable bonds is 5. The molecule has 0 aliphatic carbocycles. The second-order valence-corrected chi connectivity index (χ2v) is 3.47. The Morgan fingerprint density at radius 3 is 2.88 bits per heavy atom. The molecular weight excluding hydrogens is 249 g/mol. The van der Waals surface area contributed by atoms with E-state index in [1.165, 1.54) is 0 Å². The summed E-state index contributed by atoms with van der Waals surface area (Å²) in [5, 5.41) is 3.68. The van der Waals surface area contributed by atoms with Crippen LogP contribution >= 0.6 is 24.0 Å². The Bertz CT molecular complexity index is 332. The summed E-state index contributed by atoms with van der Waals surface area (Å²) in [6, 6.07) is 7.50. The number of halogens is 2. The Hall–Kier alpha value is -0.770. The molecule has 0 unspecified atom stereocenters. The van der Waals surface area contributed by atoms with Crippen LogP contribution in [-0.2, 0) is 16.1 Å². The van der Waals surface area contributed by atoms with Gasteiger partial charge in [-0.3, -0.25) is 4.79 Å². The van der Waals surface area contributed by atoms with Crippen LogP contribution in [0.3, 0.4) is 0 Å². The van der Waals surface area contributed by atoms with Crippen molar-refractivity contribution in [1.29, 1.82) is 0 Å². The molecule has 0 atom stereocenters. The average molecular weight is 264 g/mol. The highest BCUT2D eigenvalue weighted by molar-refractivity contribution is 6.30. The van der Waals surface area contributed by atoms with E-state index in [0.717, 1.165) is 5.56 Å². The molecule has 0 aliphatic heterocycles. The fourth-order valence-corrected chi connectivity index (χ4v) is 1.38. The van der Waals surface area contributed by atoms with Gasteiger partial charge in [-0.15, -0.1) is 12.4 Å². The minimum atomic E-state index is -0.237. The third-order valence-electron chi connectivity index (χ3n) is 1.79. The third-order valence-corrected chi connectivity index (χ3v) is 2.03. The predicted octanol–water partition coefficient (Wildman–Crippen LogP) is 2.41. The van der Waals surface area contributed by atoms with Crippen LogP contribution in [-0.4, -0.2) is 19.1 Å². The Morgan fingerprint density at radius 1 is 1.50 bits per heavy atom. The molecule has 0 heterocycles. The van der Waals surface area contributed by atoms with Crippen molar-refractivity contribution >= 4 is 30.0 Å². The van der Waals surface area contributed by atoms with Crippen molar-refractivity contribution in [2.24, 2.45) is 0 Å². The number of carbonyl (C=O) groups is 1. The zero-order valence-electron chi connectivity index (χ0n) is 9.03. The maximum absolute atomic E-state index is 11.0. The van der Waals surface area contributed by atoms with Crippen LogP contribution < -0.4 is 5.32 Å². The summed E-state index contributed by atoms with van der Waals surface area (Å²) in [4.78, 5) is 11.0. The van der Waals surface area contributed by atoms with Crippen molar-refractivity contribution in [2.45, 2.75) is 13.5 Å². The van der Waals surface area contributed by atoms with E-state index in [4.69, 9.17) is 16.3 Å². The molecule has 0 saturated heterocycles. The maximum Gasteiger partial charge on any atom is 0.319 e. The largest absolute Gasteiger partial charge is 0.465 e. The topological polar surface area (TPSA) is 38.3 Å².